The van der Waals surface area contributed by atoms with E-state index in [1.165, 1.54) is 0 Å². The Labute approximate surface area is 102 Å². The van der Waals surface area contributed by atoms with E-state index in [9.17, 15) is 10.2 Å². The summed E-state index contributed by atoms with van der Waals surface area (Å²) in [5.74, 6) is 0. The highest BCUT2D eigenvalue weighted by molar-refractivity contribution is 5.70. The molecule has 2 aromatic heterocycles. The van der Waals surface area contributed by atoms with Gasteiger partial charge in [-0.3, -0.25) is 4.98 Å². The number of ether oxygens (including phenoxy) is 1. The minimum Gasteiger partial charge on any atom is -0.394 e. The van der Waals surface area contributed by atoms with Gasteiger partial charge in [-0.15, -0.1) is 0 Å². The number of fused-ring (bicyclic) bond motifs is 1. The Morgan fingerprint density at radius 1 is 1.22 bits per heavy atom. The molecule has 3 heterocycles. The summed E-state index contributed by atoms with van der Waals surface area (Å²) < 4.78 is 7.04. The number of aromatic nitrogens is 3. The Bertz CT molecular complexity index is 558. The molecular weight excluding hydrogens is 238 g/mol. The molecule has 18 heavy (non-hydrogen) atoms. The number of rotatable bonds is 2. The fraction of sp³-hybridized carbons (Fsp3) is 0.455. The third kappa shape index (κ3) is 1.60. The summed E-state index contributed by atoms with van der Waals surface area (Å²) in [7, 11) is 0. The van der Waals surface area contributed by atoms with Crippen LogP contribution >= 0.6 is 0 Å². The lowest BCUT2D eigenvalue weighted by atomic mass is 10.1. The summed E-state index contributed by atoms with van der Waals surface area (Å²) in [4.78, 5) is 8.29. The highest BCUT2D eigenvalue weighted by Crippen LogP contribution is 2.31. The first-order valence-corrected chi connectivity index (χ1v) is 5.62. The number of aliphatic hydroxyl groups excluding tert-OH is 3. The van der Waals surface area contributed by atoms with Gasteiger partial charge in [0.25, 0.3) is 0 Å². The topological polar surface area (TPSA) is 101 Å². The molecule has 7 nitrogen and oxygen atoms in total. The predicted octanol–water partition coefficient (Wildman–Crippen LogP) is -0.957. The third-order valence-electron chi connectivity index (χ3n) is 3.14. The van der Waals surface area contributed by atoms with Crippen molar-refractivity contribution in [3.05, 3.63) is 24.7 Å². The molecular formula is C11H13N3O4. The zero-order chi connectivity index (χ0) is 12.7. The summed E-state index contributed by atoms with van der Waals surface area (Å²) in [5.41, 5.74) is 1.24. The fourth-order valence-corrected chi connectivity index (χ4v) is 2.19. The first-order chi connectivity index (χ1) is 8.72. The van der Waals surface area contributed by atoms with E-state index in [4.69, 9.17) is 9.84 Å². The van der Waals surface area contributed by atoms with Gasteiger partial charge in [0.2, 0.25) is 0 Å². The number of aliphatic hydroxyl groups is 3. The Kier molecular flexibility index (Phi) is 2.75. The van der Waals surface area contributed by atoms with Crippen molar-refractivity contribution in [1.29, 1.82) is 0 Å². The van der Waals surface area contributed by atoms with Gasteiger partial charge in [0.15, 0.2) is 11.9 Å². The standard InChI is InChI=1S/C11H13N3O4/c15-5-7-8(16)9(17)11(18-7)14-4-1-6-10(14)13-3-2-12-6/h1-4,7-9,11,15-17H,5H2. The quantitative estimate of drug-likeness (QED) is 0.635. The molecule has 3 N–H and O–H groups in total. The average molecular weight is 251 g/mol. The van der Waals surface area contributed by atoms with Crippen molar-refractivity contribution in [1.82, 2.24) is 14.5 Å². The third-order valence-corrected chi connectivity index (χ3v) is 3.14. The second-order valence-corrected chi connectivity index (χ2v) is 4.22. The lowest BCUT2D eigenvalue weighted by Crippen LogP contribution is -2.33. The molecule has 0 radical (unpaired) electrons. The van der Waals surface area contributed by atoms with Crippen molar-refractivity contribution in [2.45, 2.75) is 24.5 Å². The Hall–Kier alpha value is -1.54. The second kappa shape index (κ2) is 4.29. The van der Waals surface area contributed by atoms with Crippen LogP contribution in [0.2, 0.25) is 0 Å². The van der Waals surface area contributed by atoms with Crippen molar-refractivity contribution in [2.75, 3.05) is 6.61 Å². The molecule has 0 aromatic carbocycles. The highest BCUT2D eigenvalue weighted by Gasteiger charge is 2.43. The van der Waals surface area contributed by atoms with Gasteiger partial charge in [-0.2, -0.15) is 0 Å². The van der Waals surface area contributed by atoms with Gasteiger partial charge in [0, 0.05) is 18.6 Å². The number of nitrogens with zero attached hydrogens (tertiary/aromatic N) is 3. The molecule has 1 fully saturated rings. The molecule has 0 amide bonds. The lowest BCUT2D eigenvalue weighted by Gasteiger charge is -2.16. The largest absolute Gasteiger partial charge is 0.394 e. The van der Waals surface area contributed by atoms with E-state index in [1.807, 2.05) is 0 Å². The van der Waals surface area contributed by atoms with E-state index in [0.717, 1.165) is 0 Å². The highest BCUT2D eigenvalue weighted by atomic mass is 16.6. The van der Waals surface area contributed by atoms with Crippen molar-refractivity contribution >= 4 is 11.2 Å². The van der Waals surface area contributed by atoms with Crippen LogP contribution < -0.4 is 0 Å². The van der Waals surface area contributed by atoms with E-state index >= 15 is 0 Å². The van der Waals surface area contributed by atoms with Gasteiger partial charge in [0.1, 0.15) is 23.8 Å². The van der Waals surface area contributed by atoms with Gasteiger partial charge < -0.3 is 24.6 Å². The smallest absolute Gasteiger partial charge is 0.164 e. The van der Waals surface area contributed by atoms with Crippen LogP contribution in [0.3, 0.4) is 0 Å². The van der Waals surface area contributed by atoms with Crippen molar-refractivity contribution in [3.63, 3.8) is 0 Å². The summed E-state index contributed by atoms with van der Waals surface area (Å²) in [6, 6.07) is 1.75. The maximum atomic E-state index is 9.94. The van der Waals surface area contributed by atoms with Crippen LogP contribution in [-0.4, -0.2) is 54.8 Å². The van der Waals surface area contributed by atoms with Crippen LogP contribution in [0.4, 0.5) is 0 Å². The van der Waals surface area contributed by atoms with Crippen LogP contribution in [0.1, 0.15) is 6.23 Å². The summed E-state index contributed by atoms with van der Waals surface area (Å²) in [6.45, 7) is -0.348. The molecule has 3 rings (SSSR count). The molecule has 4 atom stereocenters. The molecule has 0 spiro atoms. The van der Waals surface area contributed by atoms with Crippen LogP contribution in [0.25, 0.3) is 11.2 Å². The molecule has 1 saturated heterocycles. The van der Waals surface area contributed by atoms with Gasteiger partial charge in [-0.25, -0.2) is 4.98 Å². The molecule has 0 bridgehead atoms. The maximum absolute atomic E-state index is 9.94. The van der Waals surface area contributed by atoms with Crippen LogP contribution in [0, 0.1) is 0 Å². The zero-order valence-electron chi connectivity index (χ0n) is 9.42. The van der Waals surface area contributed by atoms with E-state index in [0.29, 0.717) is 11.2 Å². The average Bonchev–Trinajstić information content (AvgIpc) is 2.93. The van der Waals surface area contributed by atoms with Crippen LogP contribution in [-0.2, 0) is 4.74 Å². The molecule has 0 saturated carbocycles. The Morgan fingerprint density at radius 2 is 2.00 bits per heavy atom. The van der Waals surface area contributed by atoms with Crippen LogP contribution in [0.15, 0.2) is 24.7 Å². The summed E-state index contributed by atoms with van der Waals surface area (Å²) in [6.07, 6.45) is 1.01. The number of hydrogen-bond acceptors (Lipinski definition) is 6. The first-order valence-electron chi connectivity index (χ1n) is 5.62. The van der Waals surface area contributed by atoms with Crippen LogP contribution in [0.5, 0.6) is 0 Å². The van der Waals surface area contributed by atoms with E-state index in [2.05, 4.69) is 9.97 Å². The summed E-state index contributed by atoms with van der Waals surface area (Å²) in [5, 5.41) is 28.7. The maximum Gasteiger partial charge on any atom is 0.164 e. The lowest BCUT2D eigenvalue weighted by molar-refractivity contribution is -0.0508. The molecule has 96 valence electrons. The molecule has 1 aliphatic rings. The molecule has 2 aromatic rings. The fourth-order valence-electron chi connectivity index (χ4n) is 2.19. The minimum atomic E-state index is -1.12. The zero-order valence-corrected chi connectivity index (χ0v) is 9.42. The van der Waals surface area contributed by atoms with Crippen molar-refractivity contribution in [2.24, 2.45) is 0 Å². The first kappa shape index (κ1) is 11.5. The molecule has 7 heteroatoms. The van der Waals surface area contributed by atoms with E-state index in [-0.39, 0.29) is 6.61 Å². The van der Waals surface area contributed by atoms with E-state index in [1.54, 1.807) is 29.2 Å². The normalized spacial score (nSPS) is 32.2. The number of hydrogen-bond donors (Lipinski definition) is 3. The van der Waals surface area contributed by atoms with Gasteiger partial charge in [-0.1, -0.05) is 0 Å². The van der Waals surface area contributed by atoms with Gasteiger partial charge >= 0.3 is 0 Å². The molecule has 0 aliphatic carbocycles. The van der Waals surface area contributed by atoms with E-state index < -0.39 is 24.5 Å². The van der Waals surface area contributed by atoms with Gasteiger partial charge in [0.05, 0.1) is 6.61 Å². The Morgan fingerprint density at radius 3 is 2.72 bits per heavy atom. The van der Waals surface area contributed by atoms with Crippen molar-refractivity contribution in [3.8, 4) is 0 Å². The van der Waals surface area contributed by atoms with Crippen molar-refractivity contribution < 1.29 is 20.1 Å². The SMILES string of the molecule is OCC1OC(n2ccc3nccnc32)C(O)C1O. The monoisotopic (exact) mass is 251 g/mol. The minimum absolute atomic E-state index is 0.348. The second-order valence-electron chi connectivity index (χ2n) is 4.22. The summed E-state index contributed by atoms with van der Waals surface area (Å²) >= 11 is 0. The molecule has 4 unspecified atom stereocenters. The predicted molar refractivity (Wildman–Crippen MR) is 60.5 cm³/mol. The van der Waals surface area contributed by atoms with Gasteiger partial charge in [-0.05, 0) is 6.07 Å². The Balaban J connectivity index is 2.00. The molecule has 1 aliphatic heterocycles.